The number of aromatic nitrogens is 1. The summed E-state index contributed by atoms with van der Waals surface area (Å²) < 4.78 is 47.7. The Morgan fingerprint density at radius 1 is 1.29 bits per heavy atom. The van der Waals surface area contributed by atoms with Crippen LogP contribution in [0.15, 0.2) is 23.4 Å². The molecule has 1 rings (SSSR count). The lowest BCUT2D eigenvalue weighted by molar-refractivity contribution is 0.350. The normalized spacial score (nSPS) is 12.0. The Bertz CT molecular complexity index is 760. The van der Waals surface area contributed by atoms with Crippen molar-refractivity contribution in [2.24, 2.45) is 0 Å². The van der Waals surface area contributed by atoms with E-state index in [4.69, 9.17) is 5.11 Å². The summed E-state index contributed by atoms with van der Waals surface area (Å²) in [5.74, 6) is 4.69. The highest BCUT2D eigenvalue weighted by Crippen LogP contribution is 2.14. The van der Waals surface area contributed by atoms with E-state index in [1.165, 1.54) is 19.3 Å². The van der Waals surface area contributed by atoms with Crippen LogP contribution >= 0.6 is 0 Å². The van der Waals surface area contributed by atoms with Crippen LogP contribution in [0.1, 0.15) is 5.56 Å². The second kappa shape index (κ2) is 7.00. The SMILES string of the molecule is CN(CCS(C)(=O)=O)S(=O)(=O)c1cncc(C#CCO)c1. The molecule has 0 radical (unpaired) electrons. The van der Waals surface area contributed by atoms with E-state index in [0.717, 1.165) is 16.8 Å². The highest BCUT2D eigenvalue weighted by molar-refractivity contribution is 7.91. The van der Waals surface area contributed by atoms with Crippen molar-refractivity contribution in [2.45, 2.75) is 4.90 Å². The van der Waals surface area contributed by atoms with Crippen molar-refractivity contribution in [3.05, 3.63) is 24.0 Å². The first kappa shape index (κ1) is 17.6. The van der Waals surface area contributed by atoms with Gasteiger partial charge in [0.05, 0.1) is 5.75 Å². The minimum atomic E-state index is -3.83. The summed E-state index contributed by atoms with van der Waals surface area (Å²) in [6.07, 6.45) is 3.58. The number of sulfone groups is 1. The summed E-state index contributed by atoms with van der Waals surface area (Å²) in [7, 11) is -5.79. The van der Waals surface area contributed by atoms with Gasteiger partial charge in [0, 0.05) is 37.8 Å². The van der Waals surface area contributed by atoms with Crippen LogP contribution < -0.4 is 0 Å². The fourth-order valence-corrected chi connectivity index (χ4v) is 3.25. The topological polar surface area (TPSA) is 105 Å². The fraction of sp³-hybridized carbons (Fsp3) is 0.417. The van der Waals surface area contributed by atoms with E-state index < -0.39 is 19.9 Å². The monoisotopic (exact) mass is 332 g/mol. The zero-order valence-electron chi connectivity index (χ0n) is 11.6. The van der Waals surface area contributed by atoms with Crippen LogP contribution in [0.3, 0.4) is 0 Å². The van der Waals surface area contributed by atoms with Crippen LogP contribution in [0.25, 0.3) is 0 Å². The maximum atomic E-state index is 12.3. The van der Waals surface area contributed by atoms with E-state index in [1.807, 2.05) is 0 Å². The molecule has 0 aromatic carbocycles. The molecule has 116 valence electrons. The van der Waals surface area contributed by atoms with E-state index in [1.54, 1.807) is 0 Å². The first-order chi connectivity index (χ1) is 9.66. The largest absolute Gasteiger partial charge is 0.384 e. The Labute approximate surface area is 124 Å². The second-order valence-corrected chi connectivity index (χ2v) is 8.63. The third-order valence-corrected chi connectivity index (χ3v) is 5.26. The molecule has 21 heavy (non-hydrogen) atoms. The Balaban J connectivity index is 3.02. The Morgan fingerprint density at radius 3 is 2.52 bits per heavy atom. The number of aliphatic hydroxyl groups excluding tert-OH is 1. The molecule has 0 aliphatic carbocycles. The molecule has 0 saturated carbocycles. The Hall–Kier alpha value is -1.47. The van der Waals surface area contributed by atoms with Gasteiger partial charge in [0.15, 0.2) is 0 Å². The zero-order valence-corrected chi connectivity index (χ0v) is 13.3. The summed E-state index contributed by atoms with van der Waals surface area (Å²) in [6, 6.07) is 1.32. The molecule has 0 bridgehead atoms. The zero-order chi connectivity index (χ0) is 16.1. The number of rotatable bonds is 5. The summed E-state index contributed by atoms with van der Waals surface area (Å²) >= 11 is 0. The van der Waals surface area contributed by atoms with Crippen LogP contribution in [0, 0.1) is 11.8 Å². The molecule has 1 aromatic rings. The smallest absolute Gasteiger partial charge is 0.244 e. The fourth-order valence-electron chi connectivity index (χ4n) is 1.36. The molecule has 1 aromatic heterocycles. The molecular formula is C12H16N2O5S2. The van der Waals surface area contributed by atoms with Gasteiger partial charge in [0.25, 0.3) is 0 Å². The maximum absolute atomic E-state index is 12.3. The van der Waals surface area contributed by atoms with E-state index in [-0.39, 0.29) is 23.8 Å². The number of sulfonamides is 1. The van der Waals surface area contributed by atoms with Crippen molar-refractivity contribution in [3.63, 3.8) is 0 Å². The van der Waals surface area contributed by atoms with Gasteiger partial charge in [0.1, 0.15) is 21.3 Å². The second-order valence-electron chi connectivity index (χ2n) is 4.33. The predicted molar refractivity (Wildman–Crippen MR) is 77.7 cm³/mol. The molecule has 1 N–H and O–H groups in total. The number of hydrogen-bond donors (Lipinski definition) is 1. The lowest BCUT2D eigenvalue weighted by Gasteiger charge is -2.16. The summed E-state index contributed by atoms with van der Waals surface area (Å²) in [6.45, 7) is -0.487. The first-order valence-corrected chi connectivity index (χ1v) is 9.36. The van der Waals surface area contributed by atoms with Gasteiger partial charge in [-0.1, -0.05) is 11.8 Å². The summed E-state index contributed by atoms with van der Waals surface area (Å²) in [5.41, 5.74) is 0.349. The van der Waals surface area contributed by atoms with E-state index in [0.29, 0.717) is 5.56 Å². The van der Waals surface area contributed by atoms with Gasteiger partial charge >= 0.3 is 0 Å². The number of nitrogens with zero attached hydrogens (tertiary/aromatic N) is 2. The molecule has 9 heteroatoms. The molecule has 1 heterocycles. The first-order valence-electron chi connectivity index (χ1n) is 5.85. The minimum absolute atomic E-state index is 0.0803. The van der Waals surface area contributed by atoms with Gasteiger partial charge in [-0.05, 0) is 6.07 Å². The highest BCUT2D eigenvalue weighted by Gasteiger charge is 2.22. The molecule has 0 aliphatic heterocycles. The quantitative estimate of drug-likeness (QED) is 0.700. The van der Waals surface area contributed by atoms with Gasteiger partial charge in [-0.2, -0.15) is 4.31 Å². The van der Waals surface area contributed by atoms with Crippen LogP contribution in [-0.4, -0.2) is 63.4 Å². The maximum Gasteiger partial charge on any atom is 0.244 e. The Kier molecular flexibility index (Phi) is 5.86. The van der Waals surface area contributed by atoms with Gasteiger partial charge in [-0.15, -0.1) is 0 Å². The van der Waals surface area contributed by atoms with E-state index in [2.05, 4.69) is 16.8 Å². The third-order valence-electron chi connectivity index (χ3n) is 2.51. The minimum Gasteiger partial charge on any atom is -0.384 e. The van der Waals surface area contributed by atoms with Crippen molar-refractivity contribution in [3.8, 4) is 11.8 Å². The van der Waals surface area contributed by atoms with E-state index in [9.17, 15) is 16.8 Å². The van der Waals surface area contributed by atoms with Gasteiger partial charge in [-0.25, -0.2) is 16.8 Å². The number of hydrogen-bond acceptors (Lipinski definition) is 6. The van der Waals surface area contributed by atoms with Crippen molar-refractivity contribution in [1.29, 1.82) is 0 Å². The molecule has 0 fully saturated rings. The van der Waals surface area contributed by atoms with Gasteiger partial charge in [0.2, 0.25) is 10.0 Å². The molecule has 7 nitrogen and oxygen atoms in total. The van der Waals surface area contributed by atoms with Crippen molar-refractivity contribution < 1.29 is 21.9 Å². The van der Waals surface area contributed by atoms with Crippen molar-refractivity contribution in [2.75, 3.05) is 32.2 Å². The third kappa shape index (κ3) is 5.43. The predicted octanol–water partition coefficient (Wildman–Crippen LogP) is -0.909. The summed E-state index contributed by atoms with van der Waals surface area (Å²) in [4.78, 5) is 3.71. The van der Waals surface area contributed by atoms with Crippen LogP contribution in [0.2, 0.25) is 0 Å². The van der Waals surface area contributed by atoms with Gasteiger partial charge in [-0.3, -0.25) is 4.98 Å². The molecule has 0 amide bonds. The molecular weight excluding hydrogens is 316 g/mol. The average Bonchev–Trinajstić information content (AvgIpc) is 2.42. The number of aliphatic hydroxyl groups is 1. The standard InChI is InChI=1S/C12H16N2O5S2/c1-14(5-7-20(2,16)17)21(18,19)12-8-11(4-3-6-15)9-13-10-12/h8-10,15H,5-7H2,1-2H3. The molecule has 0 aliphatic rings. The van der Waals surface area contributed by atoms with Crippen molar-refractivity contribution in [1.82, 2.24) is 9.29 Å². The molecule has 0 atom stereocenters. The van der Waals surface area contributed by atoms with Crippen LogP contribution in [-0.2, 0) is 19.9 Å². The van der Waals surface area contributed by atoms with Crippen molar-refractivity contribution >= 4 is 19.9 Å². The molecule has 0 saturated heterocycles. The average molecular weight is 332 g/mol. The molecule has 0 unspecified atom stereocenters. The van der Waals surface area contributed by atoms with Gasteiger partial charge < -0.3 is 5.11 Å². The van der Waals surface area contributed by atoms with Crippen LogP contribution in [0.5, 0.6) is 0 Å². The lowest BCUT2D eigenvalue weighted by Crippen LogP contribution is -2.31. The lowest BCUT2D eigenvalue weighted by atomic mass is 10.3. The van der Waals surface area contributed by atoms with Crippen LogP contribution in [0.4, 0.5) is 0 Å². The highest BCUT2D eigenvalue weighted by atomic mass is 32.2. The Morgan fingerprint density at radius 2 is 1.95 bits per heavy atom. The summed E-state index contributed by atoms with van der Waals surface area (Å²) in [5, 5.41) is 8.61. The molecule has 0 spiro atoms. The number of pyridine rings is 1. The van der Waals surface area contributed by atoms with E-state index >= 15 is 0 Å².